The molecular weight excluding hydrogens is 432 g/mol. The molecule has 7 nitrogen and oxygen atoms in total. The summed E-state index contributed by atoms with van der Waals surface area (Å²) < 4.78 is 10.6. The van der Waals surface area contributed by atoms with Gasteiger partial charge < -0.3 is 24.1 Å². The van der Waals surface area contributed by atoms with Gasteiger partial charge in [0.2, 0.25) is 0 Å². The molecule has 5 aromatic rings. The van der Waals surface area contributed by atoms with Gasteiger partial charge in [0.25, 0.3) is 0 Å². The molecule has 168 valence electrons. The van der Waals surface area contributed by atoms with Gasteiger partial charge in [-0.2, -0.15) is 0 Å². The van der Waals surface area contributed by atoms with E-state index in [0.717, 1.165) is 43.6 Å². The van der Waals surface area contributed by atoms with Crippen molar-refractivity contribution in [2.75, 3.05) is 0 Å². The summed E-state index contributed by atoms with van der Waals surface area (Å²) in [6.07, 6.45) is -2.68. The summed E-state index contributed by atoms with van der Waals surface area (Å²) in [7, 11) is 0. The number of para-hydroxylation sites is 2. The number of rotatable bonds is 0. The standard InChI is InChI=1S/C27H20N2O5/c1-27-26(33)18(32)11-19(34-27)28-14-8-4-2-6-12(14)20-22-16(30)10-17(31)23(22)21-13-7-3-5-9-15(13)29(27)25(21)24(20)28/h2-9,18-19,26,32-33H,10-11H2,1H3/t18-,19-,26-,27+/m1/s1. The van der Waals surface area contributed by atoms with Crippen LogP contribution in [-0.2, 0) is 10.5 Å². The van der Waals surface area contributed by atoms with Crippen LogP contribution in [0.2, 0.25) is 0 Å². The predicted octanol–water partition coefficient (Wildman–Crippen LogP) is 4.00. The third-order valence-corrected chi connectivity index (χ3v) is 8.10. The van der Waals surface area contributed by atoms with Crippen LogP contribution in [0.5, 0.6) is 0 Å². The fourth-order valence-corrected chi connectivity index (χ4v) is 6.79. The fourth-order valence-electron chi connectivity index (χ4n) is 6.79. The molecule has 2 aliphatic heterocycles. The van der Waals surface area contributed by atoms with E-state index in [4.69, 9.17) is 4.74 Å². The molecular formula is C27H20N2O5. The Balaban J connectivity index is 1.79. The van der Waals surface area contributed by atoms with Gasteiger partial charge in [0.1, 0.15) is 12.3 Å². The zero-order chi connectivity index (χ0) is 23.1. The van der Waals surface area contributed by atoms with Crippen molar-refractivity contribution in [2.24, 2.45) is 0 Å². The van der Waals surface area contributed by atoms with Gasteiger partial charge in [-0.3, -0.25) is 9.59 Å². The number of hydrogen-bond donors (Lipinski definition) is 2. The molecule has 34 heavy (non-hydrogen) atoms. The van der Waals surface area contributed by atoms with E-state index in [0.29, 0.717) is 11.1 Å². The molecule has 3 aromatic carbocycles. The van der Waals surface area contributed by atoms with Crippen molar-refractivity contribution >= 4 is 55.2 Å². The molecule has 0 radical (unpaired) electrons. The molecule has 0 unspecified atom stereocenters. The highest BCUT2D eigenvalue weighted by atomic mass is 16.6. The van der Waals surface area contributed by atoms with Crippen LogP contribution in [-0.4, -0.2) is 43.1 Å². The zero-order valence-corrected chi connectivity index (χ0v) is 18.3. The van der Waals surface area contributed by atoms with Crippen molar-refractivity contribution in [3.63, 3.8) is 0 Å². The van der Waals surface area contributed by atoms with Gasteiger partial charge in [-0.1, -0.05) is 36.4 Å². The normalized spacial score (nSPS) is 28.0. The van der Waals surface area contributed by atoms with Crippen LogP contribution in [0.1, 0.15) is 46.7 Å². The lowest BCUT2D eigenvalue weighted by atomic mass is 9.95. The number of aliphatic hydroxyl groups excluding tert-OH is 2. The molecule has 4 atom stereocenters. The van der Waals surface area contributed by atoms with Crippen LogP contribution in [0.15, 0.2) is 48.5 Å². The van der Waals surface area contributed by atoms with E-state index in [1.165, 1.54) is 0 Å². The lowest BCUT2D eigenvalue weighted by Gasteiger charge is -2.45. The van der Waals surface area contributed by atoms with Crippen molar-refractivity contribution in [2.45, 2.75) is 43.9 Å². The second-order valence-corrected chi connectivity index (χ2v) is 9.84. The number of carbonyl (C=O) groups excluding carboxylic acids is 2. The average molecular weight is 452 g/mol. The summed E-state index contributed by atoms with van der Waals surface area (Å²) in [4.78, 5) is 26.6. The highest BCUT2D eigenvalue weighted by Gasteiger charge is 2.52. The van der Waals surface area contributed by atoms with Crippen LogP contribution in [0.3, 0.4) is 0 Å². The summed E-state index contributed by atoms with van der Waals surface area (Å²) in [5.74, 6) is -0.346. The SMILES string of the molecule is C[C@]12O[C@H](C[C@@H](O)[C@H]1O)n1c3ccccc3c3c4c(c5c6ccccc6n2c5c31)C(=O)CC4=O. The van der Waals surface area contributed by atoms with E-state index >= 15 is 0 Å². The van der Waals surface area contributed by atoms with Crippen LogP contribution in [0.25, 0.3) is 43.6 Å². The van der Waals surface area contributed by atoms with Gasteiger partial charge in [0.15, 0.2) is 17.3 Å². The number of ether oxygens (including phenoxy) is 1. The van der Waals surface area contributed by atoms with Crippen molar-refractivity contribution in [1.82, 2.24) is 9.13 Å². The molecule has 2 aromatic heterocycles. The zero-order valence-electron chi connectivity index (χ0n) is 18.3. The number of fused-ring (bicyclic) bond motifs is 13. The molecule has 3 aliphatic rings. The first-order valence-corrected chi connectivity index (χ1v) is 11.5. The van der Waals surface area contributed by atoms with E-state index < -0.39 is 24.2 Å². The van der Waals surface area contributed by atoms with Crippen LogP contribution in [0, 0.1) is 0 Å². The first-order valence-electron chi connectivity index (χ1n) is 11.5. The number of ketones is 2. The minimum absolute atomic E-state index is 0.138. The number of carbonyl (C=O) groups is 2. The number of aromatic nitrogens is 2. The second-order valence-electron chi connectivity index (χ2n) is 9.84. The lowest BCUT2D eigenvalue weighted by Crippen LogP contribution is -2.55. The maximum absolute atomic E-state index is 13.3. The Morgan fingerprint density at radius 3 is 2.18 bits per heavy atom. The Hall–Kier alpha value is -3.52. The number of aliphatic hydroxyl groups is 2. The van der Waals surface area contributed by atoms with E-state index in [-0.39, 0.29) is 24.4 Å². The lowest BCUT2D eigenvalue weighted by molar-refractivity contribution is -0.272. The van der Waals surface area contributed by atoms with E-state index in [9.17, 15) is 19.8 Å². The van der Waals surface area contributed by atoms with E-state index in [2.05, 4.69) is 4.57 Å². The van der Waals surface area contributed by atoms with Gasteiger partial charge in [0.05, 0.1) is 34.6 Å². The van der Waals surface area contributed by atoms with Crippen LogP contribution >= 0.6 is 0 Å². The van der Waals surface area contributed by atoms with Crippen molar-refractivity contribution in [3.05, 3.63) is 59.7 Å². The molecule has 2 N–H and O–H groups in total. The monoisotopic (exact) mass is 452 g/mol. The van der Waals surface area contributed by atoms with Crippen molar-refractivity contribution in [3.8, 4) is 0 Å². The molecule has 0 saturated carbocycles. The van der Waals surface area contributed by atoms with Gasteiger partial charge in [-0.05, 0) is 19.1 Å². The smallest absolute Gasteiger partial charge is 0.173 e. The molecule has 0 amide bonds. The maximum Gasteiger partial charge on any atom is 0.173 e. The first-order chi connectivity index (χ1) is 16.4. The fraction of sp³-hybridized carbons (Fsp3) is 0.259. The molecule has 2 bridgehead atoms. The number of Topliss-reactive ketones (excluding diaryl/α,β-unsaturated/α-hetero) is 2. The molecule has 1 aliphatic carbocycles. The minimum Gasteiger partial charge on any atom is -0.390 e. The van der Waals surface area contributed by atoms with E-state index in [1.807, 2.05) is 53.1 Å². The number of nitrogens with zero attached hydrogens (tertiary/aromatic N) is 2. The summed E-state index contributed by atoms with van der Waals surface area (Å²) in [5, 5.41) is 25.4. The quantitative estimate of drug-likeness (QED) is 0.347. The number of benzene rings is 3. The van der Waals surface area contributed by atoms with Gasteiger partial charge in [0, 0.05) is 39.1 Å². The first kappa shape index (κ1) is 18.9. The molecule has 1 saturated heterocycles. The third-order valence-electron chi connectivity index (χ3n) is 8.10. The Labute approximate surface area is 192 Å². The molecule has 4 heterocycles. The summed E-state index contributed by atoms with van der Waals surface area (Å²) in [5.41, 5.74) is 2.88. The molecule has 0 spiro atoms. The Morgan fingerprint density at radius 1 is 0.882 bits per heavy atom. The van der Waals surface area contributed by atoms with Crippen LogP contribution in [0.4, 0.5) is 0 Å². The molecule has 7 heteroatoms. The third kappa shape index (κ3) is 1.86. The number of hydrogen-bond acceptors (Lipinski definition) is 5. The predicted molar refractivity (Wildman–Crippen MR) is 126 cm³/mol. The Kier molecular flexibility index (Phi) is 3.19. The highest BCUT2D eigenvalue weighted by molar-refractivity contribution is 6.40. The average Bonchev–Trinajstić information content (AvgIpc) is 3.42. The molecule has 1 fully saturated rings. The summed E-state index contributed by atoms with van der Waals surface area (Å²) in [6.45, 7) is 1.79. The second kappa shape index (κ2) is 5.75. The van der Waals surface area contributed by atoms with E-state index in [1.54, 1.807) is 6.92 Å². The highest BCUT2D eigenvalue weighted by Crippen LogP contribution is 2.53. The van der Waals surface area contributed by atoms with Gasteiger partial charge >= 0.3 is 0 Å². The summed E-state index contributed by atoms with van der Waals surface area (Å²) in [6, 6.07) is 15.5. The largest absolute Gasteiger partial charge is 0.390 e. The topological polar surface area (TPSA) is 93.7 Å². The van der Waals surface area contributed by atoms with Gasteiger partial charge in [-0.25, -0.2) is 0 Å². The molecule has 8 rings (SSSR count). The minimum atomic E-state index is -1.28. The Bertz CT molecular complexity index is 1790. The van der Waals surface area contributed by atoms with Crippen LogP contribution < -0.4 is 0 Å². The van der Waals surface area contributed by atoms with Crippen molar-refractivity contribution < 1.29 is 24.5 Å². The van der Waals surface area contributed by atoms with Crippen molar-refractivity contribution in [1.29, 1.82) is 0 Å². The Morgan fingerprint density at radius 2 is 1.47 bits per heavy atom. The summed E-state index contributed by atoms with van der Waals surface area (Å²) >= 11 is 0. The maximum atomic E-state index is 13.3. The van der Waals surface area contributed by atoms with Gasteiger partial charge in [-0.15, -0.1) is 0 Å².